The molecule has 0 fully saturated rings. The lowest BCUT2D eigenvalue weighted by molar-refractivity contribution is 0.0842. The number of nitrogens with zero attached hydrogens (tertiary/aromatic N) is 5. The third-order valence-corrected chi connectivity index (χ3v) is 2.74. The number of anilines is 2. The molecule has 0 saturated heterocycles. The Morgan fingerprint density at radius 1 is 1.09 bits per heavy atom. The zero-order valence-electron chi connectivity index (χ0n) is 12.8. The van der Waals surface area contributed by atoms with Crippen LogP contribution in [0, 0.1) is 0 Å². The lowest BCUT2D eigenvalue weighted by Gasteiger charge is -2.10. The Balaban J connectivity index is 2.16. The SMILES string of the molecule is CN(C)NC(=O)c1nc(NC(=O)c2nc(N)cn2C)cn1C. The molecule has 2 aromatic rings. The largest absolute Gasteiger partial charge is 0.382 e. The van der Waals surface area contributed by atoms with Gasteiger partial charge < -0.3 is 20.2 Å². The van der Waals surface area contributed by atoms with Crippen LogP contribution in [-0.2, 0) is 14.1 Å². The van der Waals surface area contributed by atoms with Crippen LogP contribution in [0.15, 0.2) is 12.4 Å². The number of nitrogens with one attached hydrogen (secondary N) is 2. The highest BCUT2D eigenvalue weighted by Crippen LogP contribution is 2.10. The number of carbonyl (C=O) groups is 2. The summed E-state index contributed by atoms with van der Waals surface area (Å²) in [6, 6.07) is 0. The van der Waals surface area contributed by atoms with Crippen molar-refractivity contribution < 1.29 is 9.59 Å². The fourth-order valence-corrected chi connectivity index (χ4v) is 1.86. The summed E-state index contributed by atoms with van der Waals surface area (Å²) in [4.78, 5) is 32.0. The van der Waals surface area contributed by atoms with E-state index < -0.39 is 5.91 Å². The summed E-state index contributed by atoms with van der Waals surface area (Å²) < 4.78 is 3.02. The van der Waals surface area contributed by atoms with Crippen LogP contribution in [0.1, 0.15) is 21.2 Å². The molecule has 2 amide bonds. The highest BCUT2D eigenvalue weighted by molar-refractivity contribution is 6.02. The quantitative estimate of drug-likeness (QED) is 0.635. The summed E-state index contributed by atoms with van der Waals surface area (Å²) in [5, 5.41) is 4.08. The Morgan fingerprint density at radius 2 is 1.68 bits per heavy atom. The molecular weight excluding hydrogens is 288 g/mol. The number of imidazole rings is 2. The van der Waals surface area contributed by atoms with Crippen molar-refractivity contribution in [2.45, 2.75) is 0 Å². The van der Waals surface area contributed by atoms with Crippen LogP contribution in [0.3, 0.4) is 0 Å². The molecule has 0 aliphatic rings. The van der Waals surface area contributed by atoms with Crippen LogP contribution < -0.4 is 16.5 Å². The number of nitrogen functional groups attached to an aromatic ring is 1. The second-order valence-corrected chi connectivity index (χ2v) is 4.95. The van der Waals surface area contributed by atoms with Crippen LogP contribution in [0.25, 0.3) is 0 Å². The number of aryl methyl sites for hydroxylation is 2. The van der Waals surface area contributed by atoms with Crippen molar-refractivity contribution >= 4 is 23.5 Å². The molecule has 0 aliphatic carbocycles. The molecule has 2 heterocycles. The molecule has 0 spiro atoms. The lowest BCUT2D eigenvalue weighted by atomic mass is 10.5. The van der Waals surface area contributed by atoms with Crippen molar-refractivity contribution in [3.8, 4) is 0 Å². The Kier molecular flexibility index (Phi) is 4.13. The summed E-state index contributed by atoms with van der Waals surface area (Å²) in [5.74, 6) is -0.0189. The van der Waals surface area contributed by atoms with Crippen molar-refractivity contribution in [1.82, 2.24) is 29.5 Å². The van der Waals surface area contributed by atoms with E-state index in [-0.39, 0.29) is 29.2 Å². The molecule has 118 valence electrons. The van der Waals surface area contributed by atoms with E-state index in [1.165, 1.54) is 26.5 Å². The minimum atomic E-state index is -0.461. The van der Waals surface area contributed by atoms with Crippen molar-refractivity contribution in [3.63, 3.8) is 0 Å². The first-order chi connectivity index (χ1) is 10.3. The van der Waals surface area contributed by atoms with E-state index in [1.54, 1.807) is 28.2 Å². The van der Waals surface area contributed by atoms with E-state index in [2.05, 4.69) is 20.7 Å². The number of aromatic nitrogens is 4. The van der Waals surface area contributed by atoms with Crippen molar-refractivity contribution in [2.75, 3.05) is 25.1 Å². The summed E-state index contributed by atoms with van der Waals surface area (Å²) in [6.07, 6.45) is 3.07. The van der Waals surface area contributed by atoms with E-state index in [1.807, 2.05) is 0 Å². The van der Waals surface area contributed by atoms with E-state index in [4.69, 9.17) is 5.73 Å². The van der Waals surface area contributed by atoms with Crippen LogP contribution in [0.4, 0.5) is 11.6 Å². The molecule has 0 radical (unpaired) electrons. The highest BCUT2D eigenvalue weighted by atomic mass is 16.2. The molecule has 10 heteroatoms. The Morgan fingerprint density at radius 3 is 2.23 bits per heavy atom. The summed E-state index contributed by atoms with van der Waals surface area (Å²) in [6.45, 7) is 0. The third-order valence-electron chi connectivity index (χ3n) is 2.74. The van der Waals surface area contributed by atoms with Crippen LogP contribution in [-0.4, -0.2) is 50.0 Å². The van der Waals surface area contributed by atoms with Gasteiger partial charge in [0, 0.05) is 40.6 Å². The molecule has 0 unspecified atom stereocenters. The van der Waals surface area contributed by atoms with Crippen molar-refractivity contribution in [2.24, 2.45) is 14.1 Å². The van der Waals surface area contributed by atoms with E-state index in [0.29, 0.717) is 0 Å². The molecule has 0 bridgehead atoms. The minimum absolute atomic E-state index is 0.155. The zero-order valence-corrected chi connectivity index (χ0v) is 12.8. The molecule has 0 saturated carbocycles. The molecular formula is C12H18N8O2. The van der Waals surface area contributed by atoms with Gasteiger partial charge >= 0.3 is 5.91 Å². The first-order valence-electron chi connectivity index (χ1n) is 6.39. The van der Waals surface area contributed by atoms with Gasteiger partial charge in [-0.1, -0.05) is 0 Å². The molecule has 2 rings (SSSR count). The third kappa shape index (κ3) is 3.23. The number of carbonyl (C=O) groups excluding carboxylic acids is 2. The maximum absolute atomic E-state index is 12.1. The molecule has 10 nitrogen and oxygen atoms in total. The first-order valence-corrected chi connectivity index (χ1v) is 6.39. The fourth-order valence-electron chi connectivity index (χ4n) is 1.86. The number of amides is 2. The summed E-state index contributed by atoms with van der Waals surface area (Å²) >= 11 is 0. The minimum Gasteiger partial charge on any atom is -0.382 e. The molecule has 0 aliphatic heterocycles. The second-order valence-electron chi connectivity index (χ2n) is 4.95. The number of hydrazine groups is 1. The molecule has 2 aromatic heterocycles. The average molecular weight is 306 g/mol. The van der Waals surface area contributed by atoms with Gasteiger partial charge in [0.1, 0.15) is 5.82 Å². The van der Waals surface area contributed by atoms with E-state index >= 15 is 0 Å². The molecule has 0 aromatic carbocycles. The Hall–Kier alpha value is -2.88. The van der Waals surface area contributed by atoms with Gasteiger partial charge in [-0.25, -0.2) is 15.0 Å². The summed E-state index contributed by atoms with van der Waals surface area (Å²) in [7, 11) is 6.70. The zero-order chi connectivity index (χ0) is 16.4. The van der Waals surface area contributed by atoms with Crippen molar-refractivity contribution in [1.29, 1.82) is 0 Å². The molecule has 22 heavy (non-hydrogen) atoms. The predicted octanol–water partition coefficient (Wildman–Crippen LogP) is -0.805. The van der Waals surface area contributed by atoms with Crippen LogP contribution >= 0.6 is 0 Å². The van der Waals surface area contributed by atoms with Crippen molar-refractivity contribution in [3.05, 3.63) is 24.0 Å². The van der Waals surface area contributed by atoms with Gasteiger partial charge in [-0.3, -0.25) is 15.0 Å². The lowest BCUT2D eigenvalue weighted by Crippen LogP contribution is -2.37. The highest BCUT2D eigenvalue weighted by Gasteiger charge is 2.18. The average Bonchev–Trinajstić information content (AvgIpc) is 2.91. The second kappa shape index (κ2) is 5.85. The van der Waals surface area contributed by atoms with Gasteiger partial charge in [-0.05, 0) is 0 Å². The van der Waals surface area contributed by atoms with E-state index in [9.17, 15) is 9.59 Å². The van der Waals surface area contributed by atoms with Gasteiger partial charge in [-0.2, -0.15) is 0 Å². The van der Waals surface area contributed by atoms with Gasteiger partial charge in [0.05, 0.1) is 0 Å². The predicted molar refractivity (Wildman–Crippen MR) is 79.9 cm³/mol. The summed E-state index contributed by atoms with van der Waals surface area (Å²) in [5.41, 5.74) is 8.11. The van der Waals surface area contributed by atoms with Gasteiger partial charge in [-0.15, -0.1) is 0 Å². The first kappa shape index (κ1) is 15.5. The van der Waals surface area contributed by atoms with Gasteiger partial charge in [0.25, 0.3) is 5.91 Å². The monoisotopic (exact) mass is 306 g/mol. The molecule has 0 atom stereocenters. The normalized spacial score (nSPS) is 10.8. The molecule has 4 N–H and O–H groups in total. The maximum Gasteiger partial charge on any atom is 0.301 e. The Bertz CT molecular complexity index is 715. The van der Waals surface area contributed by atoms with Crippen LogP contribution in [0.5, 0.6) is 0 Å². The number of rotatable bonds is 4. The number of hydrogen-bond acceptors (Lipinski definition) is 6. The smallest absolute Gasteiger partial charge is 0.301 e. The Labute approximate surface area is 126 Å². The van der Waals surface area contributed by atoms with Gasteiger partial charge in [0.15, 0.2) is 5.82 Å². The van der Waals surface area contributed by atoms with Crippen LogP contribution in [0.2, 0.25) is 0 Å². The number of hydrogen-bond donors (Lipinski definition) is 3. The fraction of sp³-hybridized carbons (Fsp3) is 0.333. The number of nitrogens with two attached hydrogens (primary N) is 1. The standard InChI is InChI=1S/C12H18N8O2/c1-18(2)17-12(22)10-15-8(6-20(10)4)16-11(21)9-14-7(13)5-19(9)3/h5-6H,13H2,1-4H3,(H,16,21)(H,17,22). The van der Waals surface area contributed by atoms with E-state index in [0.717, 1.165) is 0 Å². The topological polar surface area (TPSA) is 123 Å². The maximum atomic E-state index is 12.1. The van der Waals surface area contributed by atoms with Gasteiger partial charge in [0.2, 0.25) is 11.6 Å².